The van der Waals surface area contributed by atoms with Crippen molar-refractivity contribution in [2.24, 2.45) is 5.73 Å². The van der Waals surface area contributed by atoms with Gasteiger partial charge in [-0.15, -0.1) is 0 Å². The summed E-state index contributed by atoms with van der Waals surface area (Å²) < 4.78 is 5.54. The Morgan fingerprint density at radius 2 is 2.22 bits per heavy atom. The first-order valence-electron chi connectivity index (χ1n) is 6.83. The minimum absolute atomic E-state index is 0.0339. The van der Waals surface area contributed by atoms with E-state index in [1.165, 1.54) is 0 Å². The van der Waals surface area contributed by atoms with E-state index in [1.54, 1.807) is 31.2 Å². The number of amides is 3. The molecule has 8 heteroatoms. The molecule has 23 heavy (non-hydrogen) atoms. The average molecular weight is 337 g/mol. The lowest BCUT2D eigenvalue weighted by molar-refractivity contribution is -0.118. The molecule has 1 aliphatic heterocycles. The summed E-state index contributed by atoms with van der Waals surface area (Å²) in [4.78, 5) is 23.5. The third-order valence-electron chi connectivity index (χ3n) is 3.00. The van der Waals surface area contributed by atoms with Gasteiger partial charge in [0.1, 0.15) is 18.1 Å². The lowest BCUT2D eigenvalue weighted by atomic mass is 10.2. The maximum atomic E-state index is 12.2. The number of nitrogens with two attached hydrogens (primary N) is 1. The van der Waals surface area contributed by atoms with Crippen LogP contribution in [-0.4, -0.2) is 24.6 Å². The van der Waals surface area contributed by atoms with Crippen LogP contribution in [0.5, 0.6) is 5.75 Å². The molecule has 0 aliphatic carbocycles. The van der Waals surface area contributed by atoms with Gasteiger partial charge in [-0.1, -0.05) is 24.2 Å². The molecular formula is C15H17ClN4O3. The average Bonchev–Trinajstić information content (AvgIpc) is 2.49. The van der Waals surface area contributed by atoms with Crippen LogP contribution in [0, 0.1) is 0 Å². The molecule has 1 heterocycles. The van der Waals surface area contributed by atoms with Crippen LogP contribution in [0.15, 0.2) is 47.9 Å². The van der Waals surface area contributed by atoms with E-state index in [2.05, 4.69) is 22.5 Å². The Hall–Kier alpha value is -2.67. The number of urea groups is 1. The topological polar surface area (TPSA) is 105 Å². The number of hydrogen-bond acceptors (Lipinski definition) is 4. The summed E-state index contributed by atoms with van der Waals surface area (Å²) in [5.41, 5.74) is 5.98. The zero-order chi connectivity index (χ0) is 17.0. The second kappa shape index (κ2) is 7.06. The van der Waals surface area contributed by atoms with Crippen molar-refractivity contribution in [2.75, 3.05) is 6.61 Å². The van der Waals surface area contributed by atoms with Crippen LogP contribution in [0.2, 0.25) is 5.02 Å². The van der Waals surface area contributed by atoms with Crippen LogP contribution in [0.1, 0.15) is 6.92 Å². The fourth-order valence-electron chi connectivity index (χ4n) is 1.86. The van der Waals surface area contributed by atoms with Gasteiger partial charge >= 0.3 is 6.03 Å². The Labute approximate surface area is 138 Å². The molecule has 0 saturated carbocycles. The largest absolute Gasteiger partial charge is 0.491 e. The van der Waals surface area contributed by atoms with E-state index in [0.717, 1.165) is 0 Å². The fourth-order valence-corrected chi connectivity index (χ4v) is 2.04. The number of carbonyl (C=O) groups is 2. The Morgan fingerprint density at radius 1 is 1.48 bits per heavy atom. The predicted molar refractivity (Wildman–Crippen MR) is 86.6 cm³/mol. The van der Waals surface area contributed by atoms with Crippen molar-refractivity contribution in [3.05, 3.63) is 53.0 Å². The minimum atomic E-state index is -0.558. The van der Waals surface area contributed by atoms with Gasteiger partial charge in [-0.25, -0.2) is 4.79 Å². The Bertz CT molecular complexity index is 687. The SMILES string of the molecule is C=C1NC(=O)NC(C(=O)N[C@H](C)COc2cccc(Cl)c2)=C1N. The molecule has 0 spiro atoms. The highest BCUT2D eigenvalue weighted by Gasteiger charge is 2.24. The molecule has 2 rings (SSSR count). The van der Waals surface area contributed by atoms with Crippen LogP contribution in [0.3, 0.4) is 0 Å². The molecule has 3 amide bonds. The summed E-state index contributed by atoms with van der Waals surface area (Å²) >= 11 is 5.87. The summed E-state index contributed by atoms with van der Waals surface area (Å²) in [6, 6.07) is 6.06. The number of ether oxygens (including phenoxy) is 1. The summed E-state index contributed by atoms with van der Waals surface area (Å²) in [6.07, 6.45) is 0. The Kier molecular flexibility index (Phi) is 5.13. The molecule has 1 aromatic rings. The summed E-state index contributed by atoms with van der Waals surface area (Å²) in [5.74, 6) is 0.0848. The second-order valence-electron chi connectivity index (χ2n) is 4.99. The van der Waals surface area contributed by atoms with Crippen molar-refractivity contribution in [3.8, 4) is 5.75 Å². The Balaban J connectivity index is 1.93. The van der Waals surface area contributed by atoms with Crippen molar-refractivity contribution in [3.63, 3.8) is 0 Å². The molecular weight excluding hydrogens is 320 g/mol. The summed E-state index contributed by atoms with van der Waals surface area (Å²) in [7, 11) is 0. The molecule has 0 fully saturated rings. The van der Waals surface area contributed by atoms with Gasteiger partial charge in [-0.2, -0.15) is 0 Å². The first-order chi connectivity index (χ1) is 10.9. The number of nitrogens with one attached hydrogen (secondary N) is 3. The van der Waals surface area contributed by atoms with Crippen LogP contribution in [-0.2, 0) is 4.79 Å². The third-order valence-corrected chi connectivity index (χ3v) is 3.23. The quantitative estimate of drug-likeness (QED) is 0.648. The molecule has 0 unspecified atom stereocenters. The van der Waals surface area contributed by atoms with Crippen LogP contribution in [0.4, 0.5) is 4.79 Å². The van der Waals surface area contributed by atoms with Crippen molar-refractivity contribution < 1.29 is 14.3 Å². The number of hydrogen-bond donors (Lipinski definition) is 4. The van der Waals surface area contributed by atoms with Crippen molar-refractivity contribution in [1.29, 1.82) is 0 Å². The van der Waals surface area contributed by atoms with Gasteiger partial charge in [-0.3, -0.25) is 4.79 Å². The molecule has 0 bridgehead atoms. The summed E-state index contributed by atoms with van der Waals surface area (Å²) in [5, 5.41) is 7.98. The highest BCUT2D eigenvalue weighted by Crippen LogP contribution is 2.17. The van der Waals surface area contributed by atoms with E-state index in [-0.39, 0.29) is 29.7 Å². The normalized spacial score (nSPS) is 15.6. The lowest BCUT2D eigenvalue weighted by Gasteiger charge is -2.22. The zero-order valence-electron chi connectivity index (χ0n) is 12.5. The predicted octanol–water partition coefficient (Wildman–Crippen LogP) is 1.22. The lowest BCUT2D eigenvalue weighted by Crippen LogP contribution is -2.49. The number of rotatable bonds is 5. The van der Waals surface area contributed by atoms with Gasteiger partial charge in [0.2, 0.25) is 0 Å². The first-order valence-corrected chi connectivity index (χ1v) is 7.21. The van der Waals surface area contributed by atoms with Crippen LogP contribution < -0.4 is 26.4 Å². The minimum Gasteiger partial charge on any atom is -0.491 e. The van der Waals surface area contributed by atoms with E-state index < -0.39 is 11.9 Å². The van der Waals surface area contributed by atoms with Gasteiger partial charge in [0.05, 0.1) is 17.4 Å². The van der Waals surface area contributed by atoms with E-state index in [9.17, 15) is 9.59 Å². The van der Waals surface area contributed by atoms with E-state index >= 15 is 0 Å². The molecule has 7 nitrogen and oxygen atoms in total. The second-order valence-corrected chi connectivity index (χ2v) is 5.43. The third kappa shape index (κ3) is 4.40. The van der Waals surface area contributed by atoms with Gasteiger partial charge in [0.15, 0.2) is 0 Å². The molecule has 0 aromatic heterocycles. The fraction of sp³-hybridized carbons (Fsp3) is 0.200. The van der Waals surface area contributed by atoms with Crippen molar-refractivity contribution in [2.45, 2.75) is 13.0 Å². The number of benzene rings is 1. The van der Waals surface area contributed by atoms with Gasteiger partial charge in [0.25, 0.3) is 5.91 Å². The highest BCUT2D eigenvalue weighted by molar-refractivity contribution is 6.30. The van der Waals surface area contributed by atoms with E-state index in [0.29, 0.717) is 10.8 Å². The molecule has 122 valence electrons. The molecule has 1 aliphatic rings. The summed E-state index contributed by atoms with van der Waals surface area (Å²) in [6.45, 7) is 5.56. The molecule has 5 N–H and O–H groups in total. The number of carbonyl (C=O) groups excluding carboxylic acids is 2. The molecule has 0 radical (unpaired) electrons. The smallest absolute Gasteiger partial charge is 0.323 e. The Morgan fingerprint density at radius 3 is 2.91 bits per heavy atom. The maximum absolute atomic E-state index is 12.2. The highest BCUT2D eigenvalue weighted by atomic mass is 35.5. The van der Waals surface area contributed by atoms with Gasteiger partial charge in [-0.05, 0) is 25.1 Å². The maximum Gasteiger partial charge on any atom is 0.323 e. The van der Waals surface area contributed by atoms with Crippen LogP contribution in [0.25, 0.3) is 0 Å². The first kappa shape index (κ1) is 16.7. The van der Waals surface area contributed by atoms with E-state index in [1.807, 2.05) is 0 Å². The number of halogens is 1. The van der Waals surface area contributed by atoms with Crippen molar-refractivity contribution in [1.82, 2.24) is 16.0 Å². The van der Waals surface area contributed by atoms with E-state index in [4.69, 9.17) is 22.1 Å². The monoisotopic (exact) mass is 336 g/mol. The molecule has 0 saturated heterocycles. The van der Waals surface area contributed by atoms with Crippen molar-refractivity contribution >= 4 is 23.5 Å². The standard InChI is InChI=1S/C15H17ClN4O3/c1-8(7-23-11-5-3-4-10(16)6-11)18-14(21)13-12(17)9(2)19-15(22)20-13/h3-6,8H,2,7,17H2,1H3,(H,18,21)(H2,19,20,22)/t8-/m1/s1. The van der Waals surface area contributed by atoms with Crippen LogP contribution >= 0.6 is 11.6 Å². The molecule has 1 aromatic carbocycles. The van der Waals surface area contributed by atoms with Gasteiger partial charge < -0.3 is 26.4 Å². The van der Waals surface area contributed by atoms with Gasteiger partial charge in [0, 0.05) is 5.02 Å². The molecule has 1 atom stereocenters. The zero-order valence-corrected chi connectivity index (χ0v) is 13.2.